The zero-order chi connectivity index (χ0) is 15.2. The topological polar surface area (TPSA) is 74.7 Å². The molecule has 6 heteroatoms. The SMILES string of the molecule is CCCNc1ccncc1C(=O)N1CC(C)OC(CO)C1. The summed E-state index contributed by atoms with van der Waals surface area (Å²) in [6.45, 7) is 5.64. The number of carbonyl (C=O) groups excluding carboxylic acids is 1. The molecule has 1 aliphatic heterocycles. The van der Waals surface area contributed by atoms with E-state index in [1.165, 1.54) is 0 Å². The van der Waals surface area contributed by atoms with Crippen LogP contribution in [0.25, 0.3) is 0 Å². The summed E-state index contributed by atoms with van der Waals surface area (Å²) in [5.41, 5.74) is 1.37. The number of nitrogens with one attached hydrogen (secondary N) is 1. The molecule has 1 amide bonds. The average molecular weight is 293 g/mol. The van der Waals surface area contributed by atoms with E-state index in [1.54, 1.807) is 17.3 Å². The maximum atomic E-state index is 12.7. The summed E-state index contributed by atoms with van der Waals surface area (Å²) in [6.07, 6.45) is 3.85. The van der Waals surface area contributed by atoms with Gasteiger partial charge in [0.05, 0.1) is 30.1 Å². The summed E-state index contributed by atoms with van der Waals surface area (Å²) in [6, 6.07) is 1.82. The van der Waals surface area contributed by atoms with Crippen LogP contribution < -0.4 is 5.32 Å². The van der Waals surface area contributed by atoms with Gasteiger partial charge in [0.15, 0.2) is 0 Å². The normalized spacial score (nSPS) is 22.1. The van der Waals surface area contributed by atoms with Crippen LogP contribution in [-0.4, -0.2) is 59.3 Å². The Morgan fingerprint density at radius 3 is 3.10 bits per heavy atom. The van der Waals surface area contributed by atoms with Gasteiger partial charge in [0.25, 0.3) is 5.91 Å². The Hall–Kier alpha value is -1.66. The van der Waals surface area contributed by atoms with E-state index in [4.69, 9.17) is 4.74 Å². The minimum atomic E-state index is -0.318. The number of anilines is 1. The number of ether oxygens (including phenoxy) is 1. The first-order valence-corrected chi connectivity index (χ1v) is 7.39. The Bertz CT molecular complexity index is 481. The number of rotatable bonds is 5. The molecule has 2 heterocycles. The van der Waals surface area contributed by atoms with Crippen LogP contribution in [0.1, 0.15) is 30.6 Å². The number of hydrogen-bond donors (Lipinski definition) is 2. The Morgan fingerprint density at radius 1 is 1.57 bits per heavy atom. The summed E-state index contributed by atoms with van der Waals surface area (Å²) < 4.78 is 5.57. The van der Waals surface area contributed by atoms with Crippen LogP contribution >= 0.6 is 0 Å². The maximum Gasteiger partial charge on any atom is 0.257 e. The Balaban J connectivity index is 2.15. The third-order valence-electron chi connectivity index (χ3n) is 3.43. The van der Waals surface area contributed by atoms with Crippen molar-refractivity contribution in [2.45, 2.75) is 32.5 Å². The number of morpholine rings is 1. The zero-order valence-electron chi connectivity index (χ0n) is 12.6. The van der Waals surface area contributed by atoms with Crippen LogP contribution in [0.5, 0.6) is 0 Å². The monoisotopic (exact) mass is 293 g/mol. The van der Waals surface area contributed by atoms with Crippen molar-refractivity contribution in [3.8, 4) is 0 Å². The van der Waals surface area contributed by atoms with Gasteiger partial charge in [-0.15, -0.1) is 0 Å². The molecule has 0 aliphatic carbocycles. The minimum Gasteiger partial charge on any atom is -0.394 e. The van der Waals surface area contributed by atoms with E-state index < -0.39 is 0 Å². The van der Waals surface area contributed by atoms with Gasteiger partial charge in [-0.25, -0.2) is 0 Å². The second-order valence-corrected chi connectivity index (χ2v) is 5.31. The average Bonchev–Trinajstić information content (AvgIpc) is 2.51. The smallest absolute Gasteiger partial charge is 0.257 e. The van der Waals surface area contributed by atoms with Gasteiger partial charge in [0.1, 0.15) is 0 Å². The third kappa shape index (κ3) is 3.92. The molecule has 2 rings (SSSR count). The highest BCUT2D eigenvalue weighted by Crippen LogP contribution is 2.19. The van der Waals surface area contributed by atoms with Crippen molar-refractivity contribution in [3.05, 3.63) is 24.0 Å². The van der Waals surface area contributed by atoms with Gasteiger partial charge in [0.2, 0.25) is 0 Å². The first-order valence-electron chi connectivity index (χ1n) is 7.39. The molecular formula is C15H23N3O3. The van der Waals surface area contributed by atoms with Crippen molar-refractivity contribution < 1.29 is 14.6 Å². The number of carbonyl (C=O) groups is 1. The molecule has 1 aliphatic rings. The molecule has 0 spiro atoms. The second kappa shape index (κ2) is 7.38. The fraction of sp³-hybridized carbons (Fsp3) is 0.600. The Morgan fingerprint density at radius 2 is 2.38 bits per heavy atom. The van der Waals surface area contributed by atoms with E-state index in [0.717, 1.165) is 18.7 Å². The van der Waals surface area contributed by atoms with Crippen LogP contribution in [0.2, 0.25) is 0 Å². The van der Waals surface area contributed by atoms with E-state index >= 15 is 0 Å². The Kier molecular flexibility index (Phi) is 5.52. The van der Waals surface area contributed by atoms with E-state index in [-0.39, 0.29) is 24.7 Å². The maximum absolute atomic E-state index is 12.7. The van der Waals surface area contributed by atoms with E-state index in [9.17, 15) is 9.90 Å². The molecule has 0 aromatic carbocycles. The lowest BCUT2D eigenvalue weighted by molar-refractivity contribution is -0.0858. The number of nitrogens with zero attached hydrogens (tertiary/aromatic N) is 2. The Labute approximate surface area is 125 Å². The van der Waals surface area contributed by atoms with Gasteiger partial charge in [-0.3, -0.25) is 9.78 Å². The minimum absolute atomic E-state index is 0.0738. The van der Waals surface area contributed by atoms with E-state index in [1.807, 2.05) is 13.0 Å². The highest BCUT2D eigenvalue weighted by atomic mass is 16.5. The standard InChI is InChI=1S/C15H23N3O3/c1-3-5-17-14-4-6-16-7-13(14)15(20)18-8-11(2)21-12(9-18)10-19/h4,6-7,11-12,19H,3,5,8-10H2,1-2H3,(H,16,17). The van der Waals surface area contributed by atoms with Crippen LogP contribution in [0.15, 0.2) is 18.5 Å². The van der Waals surface area contributed by atoms with Gasteiger partial charge in [0, 0.05) is 32.0 Å². The van der Waals surface area contributed by atoms with E-state index in [0.29, 0.717) is 18.7 Å². The van der Waals surface area contributed by atoms with Crippen LogP contribution in [0.4, 0.5) is 5.69 Å². The first-order chi connectivity index (χ1) is 10.2. The van der Waals surface area contributed by atoms with Crippen molar-refractivity contribution in [1.29, 1.82) is 0 Å². The predicted molar refractivity (Wildman–Crippen MR) is 80.3 cm³/mol. The van der Waals surface area contributed by atoms with Gasteiger partial charge < -0.3 is 20.1 Å². The molecule has 2 atom stereocenters. The van der Waals surface area contributed by atoms with Gasteiger partial charge in [-0.1, -0.05) is 6.92 Å². The molecule has 116 valence electrons. The molecule has 2 unspecified atom stereocenters. The molecule has 1 aromatic heterocycles. The van der Waals surface area contributed by atoms with Crippen LogP contribution in [0.3, 0.4) is 0 Å². The van der Waals surface area contributed by atoms with Crippen molar-refractivity contribution in [2.75, 3.05) is 31.6 Å². The molecule has 1 fully saturated rings. The largest absolute Gasteiger partial charge is 0.394 e. The van der Waals surface area contributed by atoms with E-state index in [2.05, 4.69) is 17.2 Å². The zero-order valence-corrected chi connectivity index (χ0v) is 12.6. The quantitative estimate of drug-likeness (QED) is 0.851. The van der Waals surface area contributed by atoms with Crippen LogP contribution in [0, 0.1) is 0 Å². The molecular weight excluding hydrogens is 270 g/mol. The molecule has 0 saturated carbocycles. The lowest BCUT2D eigenvalue weighted by Gasteiger charge is -2.36. The summed E-state index contributed by atoms with van der Waals surface area (Å²) in [5.74, 6) is -0.0738. The van der Waals surface area contributed by atoms with Crippen molar-refractivity contribution in [3.63, 3.8) is 0 Å². The highest BCUT2D eigenvalue weighted by Gasteiger charge is 2.29. The van der Waals surface area contributed by atoms with Crippen molar-refractivity contribution in [1.82, 2.24) is 9.88 Å². The van der Waals surface area contributed by atoms with Crippen molar-refractivity contribution in [2.24, 2.45) is 0 Å². The molecule has 0 radical (unpaired) electrons. The highest BCUT2D eigenvalue weighted by molar-refractivity contribution is 5.99. The van der Waals surface area contributed by atoms with Crippen LogP contribution in [-0.2, 0) is 4.74 Å². The summed E-state index contributed by atoms with van der Waals surface area (Å²) in [7, 11) is 0. The lowest BCUT2D eigenvalue weighted by Crippen LogP contribution is -2.50. The van der Waals surface area contributed by atoms with Gasteiger partial charge in [-0.05, 0) is 19.4 Å². The fourth-order valence-electron chi connectivity index (χ4n) is 2.46. The fourth-order valence-corrected chi connectivity index (χ4v) is 2.46. The third-order valence-corrected chi connectivity index (χ3v) is 3.43. The molecule has 21 heavy (non-hydrogen) atoms. The molecule has 1 saturated heterocycles. The molecule has 6 nitrogen and oxygen atoms in total. The first kappa shape index (κ1) is 15.7. The number of pyridine rings is 1. The lowest BCUT2D eigenvalue weighted by atomic mass is 10.1. The molecule has 0 bridgehead atoms. The number of amides is 1. The predicted octanol–water partition coefficient (Wildman–Crippen LogP) is 1.13. The van der Waals surface area contributed by atoms with Gasteiger partial charge >= 0.3 is 0 Å². The molecule has 1 aromatic rings. The molecule has 2 N–H and O–H groups in total. The number of aliphatic hydroxyl groups is 1. The number of aliphatic hydroxyl groups excluding tert-OH is 1. The number of aromatic nitrogens is 1. The van der Waals surface area contributed by atoms with Crippen molar-refractivity contribution >= 4 is 11.6 Å². The summed E-state index contributed by atoms with van der Waals surface area (Å²) >= 11 is 0. The summed E-state index contributed by atoms with van der Waals surface area (Å²) in [4.78, 5) is 18.5. The number of hydrogen-bond acceptors (Lipinski definition) is 5. The second-order valence-electron chi connectivity index (χ2n) is 5.31. The summed E-state index contributed by atoms with van der Waals surface area (Å²) in [5, 5.41) is 12.5. The van der Waals surface area contributed by atoms with Gasteiger partial charge in [-0.2, -0.15) is 0 Å².